The highest BCUT2D eigenvalue weighted by Gasteiger charge is 2.15. The molecular weight excluding hydrogens is 394 g/mol. The minimum absolute atomic E-state index is 0.259. The minimum Gasteiger partial charge on any atom is -0.506 e. The SMILES string of the molecule is CCN(CNc1cc2c(cc1O)c1ccccc1n2-c1ccccc1)c1ccccc1C. The van der Waals surface area contributed by atoms with E-state index in [0.717, 1.165) is 39.7 Å². The third-order valence-corrected chi connectivity index (χ3v) is 6.10. The van der Waals surface area contributed by atoms with Crippen LogP contribution in [0.2, 0.25) is 0 Å². The first-order valence-electron chi connectivity index (χ1n) is 11.0. The van der Waals surface area contributed by atoms with Gasteiger partial charge in [0.15, 0.2) is 0 Å². The van der Waals surface area contributed by atoms with Gasteiger partial charge < -0.3 is 19.9 Å². The van der Waals surface area contributed by atoms with Crippen molar-refractivity contribution >= 4 is 33.2 Å². The number of phenolic OH excluding ortho intramolecular Hbond substituents is 1. The average Bonchev–Trinajstić information content (AvgIpc) is 3.14. The quantitative estimate of drug-likeness (QED) is 0.237. The Kier molecular flexibility index (Phi) is 5.20. The fourth-order valence-corrected chi connectivity index (χ4v) is 4.47. The summed E-state index contributed by atoms with van der Waals surface area (Å²) in [5.41, 5.74) is 6.45. The molecule has 0 aliphatic heterocycles. The molecule has 1 heterocycles. The van der Waals surface area contributed by atoms with Gasteiger partial charge in [-0.2, -0.15) is 0 Å². The number of rotatable bonds is 6. The van der Waals surface area contributed by atoms with Crippen molar-refractivity contribution in [3.63, 3.8) is 0 Å². The molecule has 0 aliphatic carbocycles. The van der Waals surface area contributed by atoms with Crippen molar-refractivity contribution in [3.05, 3.63) is 96.6 Å². The largest absolute Gasteiger partial charge is 0.506 e. The number of aromatic hydroxyl groups is 1. The van der Waals surface area contributed by atoms with E-state index in [2.05, 4.69) is 101 Å². The second-order valence-electron chi connectivity index (χ2n) is 8.05. The van der Waals surface area contributed by atoms with Gasteiger partial charge in [0, 0.05) is 28.7 Å². The van der Waals surface area contributed by atoms with Crippen molar-refractivity contribution in [2.75, 3.05) is 23.4 Å². The molecule has 160 valence electrons. The van der Waals surface area contributed by atoms with Gasteiger partial charge in [-0.05, 0) is 55.8 Å². The molecule has 0 saturated heterocycles. The molecule has 4 nitrogen and oxygen atoms in total. The van der Waals surface area contributed by atoms with Crippen LogP contribution in [0.1, 0.15) is 12.5 Å². The van der Waals surface area contributed by atoms with E-state index in [9.17, 15) is 5.11 Å². The Morgan fingerprint density at radius 3 is 2.31 bits per heavy atom. The molecule has 32 heavy (non-hydrogen) atoms. The number of fused-ring (bicyclic) bond motifs is 3. The van der Waals surface area contributed by atoms with Crippen molar-refractivity contribution < 1.29 is 5.11 Å². The number of benzene rings is 4. The summed E-state index contributed by atoms with van der Waals surface area (Å²) in [4.78, 5) is 2.27. The maximum atomic E-state index is 10.9. The summed E-state index contributed by atoms with van der Waals surface area (Å²) in [6.07, 6.45) is 0. The van der Waals surface area contributed by atoms with E-state index in [0.29, 0.717) is 6.67 Å². The fraction of sp³-hybridized carbons (Fsp3) is 0.143. The molecule has 0 atom stereocenters. The molecule has 4 heteroatoms. The molecule has 5 rings (SSSR count). The second-order valence-corrected chi connectivity index (χ2v) is 8.05. The lowest BCUT2D eigenvalue weighted by Crippen LogP contribution is -2.29. The number of nitrogens with zero attached hydrogens (tertiary/aromatic N) is 2. The monoisotopic (exact) mass is 421 g/mol. The van der Waals surface area contributed by atoms with Crippen LogP contribution in [-0.2, 0) is 0 Å². The van der Waals surface area contributed by atoms with Gasteiger partial charge in [-0.25, -0.2) is 0 Å². The number of phenols is 1. The number of aryl methyl sites for hydroxylation is 1. The van der Waals surface area contributed by atoms with Gasteiger partial charge in [-0.1, -0.05) is 54.6 Å². The number of hydrogen-bond donors (Lipinski definition) is 2. The van der Waals surface area contributed by atoms with Crippen LogP contribution in [0.4, 0.5) is 11.4 Å². The molecule has 2 N–H and O–H groups in total. The van der Waals surface area contributed by atoms with Crippen molar-refractivity contribution in [2.24, 2.45) is 0 Å². The Morgan fingerprint density at radius 2 is 1.53 bits per heavy atom. The van der Waals surface area contributed by atoms with Crippen LogP contribution >= 0.6 is 0 Å². The van der Waals surface area contributed by atoms with E-state index >= 15 is 0 Å². The van der Waals surface area contributed by atoms with Gasteiger partial charge in [-0.15, -0.1) is 0 Å². The van der Waals surface area contributed by atoms with Crippen LogP contribution in [0, 0.1) is 6.92 Å². The normalized spacial score (nSPS) is 11.2. The Labute approximate surface area is 188 Å². The summed E-state index contributed by atoms with van der Waals surface area (Å²) in [6.45, 7) is 5.74. The highest BCUT2D eigenvalue weighted by molar-refractivity contribution is 6.10. The molecule has 0 saturated carbocycles. The molecule has 4 aromatic carbocycles. The van der Waals surface area contributed by atoms with Crippen LogP contribution in [0.25, 0.3) is 27.5 Å². The highest BCUT2D eigenvalue weighted by atomic mass is 16.3. The highest BCUT2D eigenvalue weighted by Crippen LogP contribution is 2.37. The third kappa shape index (κ3) is 3.44. The molecule has 0 fully saturated rings. The first-order valence-corrected chi connectivity index (χ1v) is 11.0. The zero-order chi connectivity index (χ0) is 22.1. The van der Waals surface area contributed by atoms with Crippen LogP contribution < -0.4 is 10.2 Å². The molecule has 1 aromatic heterocycles. The number of anilines is 2. The second kappa shape index (κ2) is 8.31. The molecule has 0 radical (unpaired) electrons. The van der Waals surface area contributed by atoms with Crippen LogP contribution in [0.15, 0.2) is 91.0 Å². The lowest BCUT2D eigenvalue weighted by Gasteiger charge is -2.26. The van der Waals surface area contributed by atoms with Crippen LogP contribution in [0.3, 0.4) is 0 Å². The molecular formula is C28H27N3O. The standard InChI is InChI=1S/C28H27N3O/c1-3-30(25-15-9-7-11-20(25)2)19-29-24-18-27-23(17-28(24)32)22-14-8-10-16-26(22)31(27)21-12-5-4-6-13-21/h4-18,29,32H,3,19H2,1-2H3. The Morgan fingerprint density at radius 1 is 0.812 bits per heavy atom. The van der Waals surface area contributed by atoms with Gasteiger partial charge >= 0.3 is 0 Å². The number of aromatic nitrogens is 1. The van der Waals surface area contributed by atoms with E-state index in [1.807, 2.05) is 18.2 Å². The van der Waals surface area contributed by atoms with E-state index in [4.69, 9.17) is 0 Å². The summed E-state index contributed by atoms with van der Waals surface area (Å²) >= 11 is 0. The molecule has 0 aliphatic rings. The number of hydrogen-bond acceptors (Lipinski definition) is 3. The maximum Gasteiger partial charge on any atom is 0.139 e. The minimum atomic E-state index is 0.259. The third-order valence-electron chi connectivity index (χ3n) is 6.10. The van der Waals surface area contributed by atoms with Gasteiger partial charge in [-0.3, -0.25) is 0 Å². The van der Waals surface area contributed by atoms with Crippen molar-refractivity contribution in [1.29, 1.82) is 0 Å². The summed E-state index contributed by atoms with van der Waals surface area (Å²) in [6, 6.07) is 31.0. The molecule has 5 aromatic rings. The topological polar surface area (TPSA) is 40.4 Å². The summed E-state index contributed by atoms with van der Waals surface area (Å²) in [7, 11) is 0. The van der Waals surface area contributed by atoms with Gasteiger partial charge in [0.25, 0.3) is 0 Å². The Bertz CT molecular complexity index is 1390. The number of para-hydroxylation sites is 3. The summed E-state index contributed by atoms with van der Waals surface area (Å²) in [5, 5.41) is 16.5. The molecule has 0 bridgehead atoms. The lowest BCUT2D eigenvalue weighted by molar-refractivity contribution is 0.478. The van der Waals surface area contributed by atoms with Crippen LogP contribution in [-0.4, -0.2) is 22.9 Å². The first kappa shape index (κ1) is 20.0. The number of nitrogens with one attached hydrogen (secondary N) is 1. The molecule has 0 unspecified atom stereocenters. The summed E-state index contributed by atoms with van der Waals surface area (Å²) in [5.74, 6) is 0.259. The van der Waals surface area contributed by atoms with Crippen molar-refractivity contribution in [2.45, 2.75) is 13.8 Å². The Hall–Kier alpha value is -3.92. The molecule has 0 spiro atoms. The lowest BCUT2D eigenvalue weighted by atomic mass is 10.1. The van der Waals surface area contributed by atoms with Crippen molar-refractivity contribution in [3.8, 4) is 11.4 Å². The first-order chi connectivity index (χ1) is 15.7. The summed E-state index contributed by atoms with van der Waals surface area (Å²) < 4.78 is 2.26. The van der Waals surface area contributed by atoms with Gasteiger partial charge in [0.2, 0.25) is 0 Å². The van der Waals surface area contributed by atoms with Crippen molar-refractivity contribution in [1.82, 2.24) is 4.57 Å². The predicted octanol–water partition coefficient (Wildman–Crippen LogP) is 6.69. The average molecular weight is 422 g/mol. The zero-order valence-corrected chi connectivity index (χ0v) is 18.4. The maximum absolute atomic E-state index is 10.9. The van der Waals surface area contributed by atoms with Gasteiger partial charge in [0.1, 0.15) is 5.75 Å². The van der Waals surface area contributed by atoms with Crippen LogP contribution in [0.5, 0.6) is 5.75 Å². The fourth-order valence-electron chi connectivity index (χ4n) is 4.47. The Balaban J connectivity index is 1.59. The van der Waals surface area contributed by atoms with E-state index in [1.54, 1.807) is 0 Å². The van der Waals surface area contributed by atoms with E-state index in [1.165, 1.54) is 11.3 Å². The van der Waals surface area contributed by atoms with Gasteiger partial charge in [0.05, 0.1) is 23.4 Å². The smallest absolute Gasteiger partial charge is 0.139 e. The zero-order valence-electron chi connectivity index (χ0n) is 18.4. The molecule has 0 amide bonds. The van der Waals surface area contributed by atoms with E-state index in [-0.39, 0.29) is 5.75 Å². The predicted molar refractivity (Wildman–Crippen MR) is 135 cm³/mol. The van der Waals surface area contributed by atoms with E-state index < -0.39 is 0 Å².